The van der Waals surface area contributed by atoms with Gasteiger partial charge in [-0.2, -0.15) is 0 Å². The Kier molecular flexibility index (Phi) is 4.76. The number of para-hydroxylation sites is 1. The van der Waals surface area contributed by atoms with Crippen LogP contribution >= 0.6 is 0 Å². The van der Waals surface area contributed by atoms with Crippen LogP contribution in [0, 0.1) is 12.8 Å². The smallest absolute Gasteiger partial charge is 0.227 e. The molecule has 2 aliphatic heterocycles. The molecule has 3 aromatic rings. The number of piperidine rings is 1. The second-order valence-electron chi connectivity index (χ2n) is 8.87. The Morgan fingerprint density at radius 3 is 2.77 bits per heavy atom. The molecule has 7 heteroatoms. The van der Waals surface area contributed by atoms with Gasteiger partial charge in [-0.25, -0.2) is 4.68 Å². The third-order valence-electron chi connectivity index (χ3n) is 6.52. The van der Waals surface area contributed by atoms with Crippen LogP contribution in [0.5, 0.6) is 5.75 Å². The van der Waals surface area contributed by atoms with Crippen LogP contribution in [0.3, 0.4) is 0 Å². The second kappa shape index (κ2) is 7.48. The number of Topliss-reactive ketones (excluding diaryl/α,β-unsaturated/α-hetero) is 1. The summed E-state index contributed by atoms with van der Waals surface area (Å²) in [6.45, 7) is 5.59. The highest BCUT2D eigenvalue weighted by molar-refractivity contribution is 6.00. The topological polar surface area (TPSA) is 77.3 Å². The standard InChI is InChI=1S/C24H26N4O3/c1-16-7-8-22-18(13-16)21(29)14-24(31-22)9-11-27(12-10-24)23(30)17(2)15-28-20-6-4-3-5-19(20)25-26-28/h3-8,13,17H,9-12,14-15H2,1-2H3. The molecule has 1 spiro atoms. The minimum Gasteiger partial charge on any atom is -0.486 e. The number of amides is 1. The summed E-state index contributed by atoms with van der Waals surface area (Å²) in [5.41, 5.74) is 3.00. The number of carbonyl (C=O) groups is 2. The van der Waals surface area contributed by atoms with Crippen molar-refractivity contribution in [3.8, 4) is 5.75 Å². The summed E-state index contributed by atoms with van der Waals surface area (Å²) in [5, 5.41) is 8.38. The highest BCUT2D eigenvalue weighted by atomic mass is 16.5. The van der Waals surface area contributed by atoms with Crippen LogP contribution in [0.2, 0.25) is 0 Å². The van der Waals surface area contributed by atoms with Crippen molar-refractivity contribution in [3.05, 3.63) is 53.6 Å². The van der Waals surface area contributed by atoms with Gasteiger partial charge in [-0.1, -0.05) is 35.9 Å². The summed E-state index contributed by atoms with van der Waals surface area (Å²) in [7, 11) is 0. The Morgan fingerprint density at radius 1 is 1.19 bits per heavy atom. The number of hydrogen-bond donors (Lipinski definition) is 0. The predicted octanol–water partition coefficient (Wildman–Crippen LogP) is 3.40. The summed E-state index contributed by atoms with van der Waals surface area (Å²) in [6, 6.07) is 13.5. The number of aromatic nitrogens is 3. The lowest BCUT2D eigenvalue weighted by atomic mass is 9.82. The van der Waals surface area contributed by atoms with E-state index in [0.717, 1.165) is 16.6 Å². The fourth-order valence-corrected chi connectivity index (χ4v) is 4.72. The van der Waals surface area contributed by atoms with Crippen LogP contribution in [0.15, 0.2) is 42.5 Å². The highest BCUT2D eigenvalue weighted by Crippen LogP contribution is 2.39. The molecule has 0 aliphatic carbocycles. The summed E-state index contributed by atoms with van der Waals surface area (Å²) < 4.78 is 8.12. The zero-order valence-corrected chi connectivity index (χ0v) is 17.9. The van der Waals surface area contributed by atoms with Crippen LogP contribution in [0.1, 0.15) is 42.1 Å². The Hall–Kier alpha value is -3.22. The highest BCUT2D eigenvalue weighted by Gasteiger charge is 2.44. The third kappa shape index (κ3) is 3.58. The van der Waals surface area contributed by atoms with E-state index in [-0.39, 0.29) is 17.6 Å². The van der Waals surface area contributed by atoms with Crippen LogP contribution in [-0.2, 0) is 11.3 Å². The van der Waals surface area contributed by atoms with E-state index in [2.05, 4.69) is 10.3 Å². The molecule has 1 atom stereocenters. The van der Waals surface area contributed by atoms with E-state index in [4.69, 9.17) is 4.74 Å². The number of ketones is 1. The third-order valence-corrected chi connectivity index (χ3v) is 6.52. The summed E-state index contributed by atoms with van der Waals surface area (Å²) in [4.78, 5) is 27.7. The molecule has 5 rings (SSSR count). The summed E-state index contributed by atoms with van der Waals surface area (Å²) >= 11 is 0. The number of fused-ring (bicyclic) bond motifs is 2. The Morgan fingerprint density at radius 2 is 1.97 bits per heavy atom. The first-order chi connectivity index (χ1) is 14.9. The first kappa shape index (κ1) is 19.7. The van der Waals surface area contributed by atoms with Crippen LogP contribution < -0.4 is 4.74 Å². The number of benzene rings is 2. The Bertz CT molecular complexity index is 1160. The van der Waals surface area contributed by atoms with Gasteiger partial charge in [0, 0.05) is 25.9 Å². The molecule has 0 radical (unpaired) electrons. The van der Waals surface area contributed by atoms with E-state index in [1.54, 1.807) is 4.68 Å². The number of likely N-dealkylation sites (tertiary alicyclic amines) is 1. The molecule has 3 heterocycles. The Labute approximate surface area is 181 Å². The minimum absolute atomic E-state index is 0.104. The maximum Gasteiger partial charge on any atom is 0.227 e. The molecule has 31 heavy (non-hydrogen) atoms. The molecule has 1 fully saturated rings. The van der Waals surface area contributed by atoms with Gasteiger partial charge >= 0.3 is 0 Å². The summed E-state index contributed by atoms with van der Waals surface area (Å²) in [5.74, 6) is 0.702. The lowest BCUT2D eigenvalue weighted by molar-refractivity contribution is -0.139. The van der Waals surface area contributed by atoms with E-state index in [1.165, 1.54) is 0 Å². The Balaban J connectivity index is 1.24. The van der Waals surface area contributed by atoms with Gasteiger partial charge in [-0.15, -0.1) is 5.10 Å². The van der Waals surface area contributed by atoms with Gasteiger partial charge in [-0.3, -0.25) is 9.59 Å². The number of rotatable bonds is 3. The number of ether oxygens (including phenoxy) is 1. The zero-order chi connectivity index (χ0) is 21.6. The van der Waals surface area contributed by atoms with Crippen molar-refractivity contribution in [2.75, 3.05) is 13.1 Å². The van der Waals surface area contributed by atoms with Crippen molar-refractivity contribution in [2.24, 2.45) is 5.92 Å². The van der Waals surface area contributed by atoms with E-state index < -0.39 is 5.60 Å². The van der Waals surface area contributed by atoms with E-state index in [9.17, 15) is 9.59 Å². The van der Waals surface area contributed by atoms with Gasteiger partial charge in [0.2, 0.25) is 5.91 Å². The average molecular weight is 418 g/mol. The van der Waals surface area contributed by atoms with Gasteiger partial charge in [0.1, 0.15) is 16.9 Å². The predicted molar refractivity (Wildman–Crippen MR) is 116 cm³/mol. The second-order valence-corrected chi connectivity index (χ2v) is 8.87. The monoisotopic (exact) mass is 418 g/mol. The average Bonchev–Trinajstić information content (AvgIpc) is 3.17. The number of carbonyl (C=O) groups excluding carboxylic acids is 2. The lowest BCUT2D eigenvalue weighted by Gasteiger charge is -2.44. The van der Waals surface area contributed by atoms with Crippen LogP contribution in [-0.4, -0.2) is 50.3 Å². The van der Waals surface area contributed by atoms with Gasteiger partial charge < -0.3 is 9.64 Å². The van der Waals surface area contributed by atoms with Crippen LogP contribution in [0.4, 0.5) is 0 Å². The molecule has 1 unspecified atom stereocenters. The number of hydrogen-bond acceptors (Lipinski definition) is 5. The van der Waals surface area contributed by atoms with E-state index >= 15 is 0 Å². The molecule has 2 aliphatic rings. The molecular weight excluding hydrogens is 392 g/mol. The van der Waals surface area contributed by atoms with Crippen molar-refractivity contribution in [2.45, 2.75) is 45.3 Å². The van der Waals surface area contributed by atoms with Crippen molar-refractivity contribution in [1.29, 1.82) is 0 Å². The zero-order valence-electron chi connectivity index (χ0n) is 17.9. The largest absolute Gasteiger partial charge is 0.486 e. The van der Waals surface area contributed by atoms with E-state index in [1.807, 2.05) is 61.2 Å². The van der Waals surface area contributed by atoms with Crippen molar-refractivity contribution >= 4 is 22.7 Å². The van der Waals surface area contributed by atoms with Gasteiger partial charge in [0.05, 0.1) is 30.0 Å². The molecule has 2 aromatic carbocycles. The molecule has 160 valence electrons. The minimum atomic E-state index is -0.499. The van der Waals surface area contributed by atoms with Crippen molar-refractivity contribution in [1.82, 2.24) is 19.9 Å². The SMILES string of the molecule is Cc1ccc2c(c1)C(=O)CC1(CCN(C(=O)C(C)Cn3nnc4ccccc43)CC1)O2. The first-order valence-electron chi connectivity index (χ1n) is 10.8. The summed E-state index contributed by atoms with van der Waals surface area (Å²) in [6.07, 6.45) is 1.71. The molecular formula is C24H26N4O3. The van der Waals surface area contributed by atoms with Crippen molar-refractivity contribution < 1.29 is 14.3 Å². The van der Waals surface area contributed by atoms with Crippen molar-refractivity contribution in [3.63, 3.8) is 0 Å². The molecule has 7 nitrogen and oxygen atoms in total. The number of nitrogens with zero attached hydrogens (tertiary/aromatic N) is 4. The molecule has 1 aromatic heterocycles. The quantitative estimate of drug-likeness (QED) is 0.652. The number of aryl methyl sites for hydroxylation is 1. The van der Waals surface area contributed by atoms with Gasteiger partial charge in [0.15, 0.2) is 5.78 Å². The molecule has 1 amide bonds. The van der Waals surface area contributed by atoms with E-state index in [0.29, 0.717) is 50.2 Å². The lowest BCUT2D eigenvalue weighted by Crippen LogP contribution is -2.53. The van der Waals surface area contributed by atoms with Gasteiger partial charge in [-0.05, 0) is 31.2 Å². The van der Waals surface area contributed by atoms with Gasteiger partial charge in [0.25, 0.3) is 0 Å². The fraction of sp³-hybridized carbons (Fsp3) is 0.417. The maximum atomic E-state index is 13.1. The molecule has 1 saturated heterocycles. The molecule has 0 saturated carbocycles. The fourth-order valence-electron chi connectivity index (χ4n) is 4.72. The maximum absolute atomic E-state index is 13.1. The molecule has 0 N–H and O–H groups in total. The van der Waals surface area contributed by atoms with Crippen LogP contribution in [0.25, 0.3) is 11.0 Å². The molecule has 0 bridgehead atoms. The normalized spacial score (nSPS) is 18.6. The first-order valence-corrected chi connectivity index (χ1v) is 10.8.